The number of Topliss-reactive ketones (excluding diaryl/α,β-unsaturated/α-hetero) is 1. The zero-order valence-corrected chi connectivity index (χ0v) is 12.7. The Morgan fingerprint density at radius 3 is 2.52 bits per heavy atom. The molecule has 2 aromatic heterocycles. The van der Waals surface area contributed by atoms with Gasteiger partial charge in [0.1, 0.15) is 5.69 Å². The van der Waals surface area contributed by atoms with E-state index in [9.17, 15) is 9.59 Å². The second-order valence-electron chi connectivity index (χ2n) is 5.25. The fraction of sp³-hybridized carbons (Fsp3) is 0.105. The van der Waals surface area contributed by atoms with Crippen LogP contribution in [0.3, 0.4) is 0 Å². The summed E-state index contributed by atoms with van der Waals surface area (Å²) in [6.07, 6.45) is 3.21. The molecule has 0 fully saturated rings. The van der Waals surface area contributed by atoms with Gasteiger partial charge in [0, 0.05) is 17.5 Å². The molecule has 0 aliphatic heterocycles. The first-order chi connectivity index (χ1) is 11.2. The summed E-state index contributed by atoms with van der Waals surface area (Å²) in [5.74, 6) is -0.645. The molecule has 0 spiro atoms. The number of nitrogens with zero attached hydrogens (tertiary/aromatic N) is 2. The molecular formula is C19H15N2O2. The topological polar surface area (TPSA) is 52.0 Å². The van der Waals surface area contributed by atoms with E-state index in [1.54, 1.807) is 6.20 Å². The molecule has 4 heteroatoms. The molecule has 2 heterocycles. The van der Waals surface area contributed by atoms with Crippen LogP contribution in [-0.4, -0.2) is 21.6 Å². The van der Waals surface area contributed by atoms with Gasteiger partial charge in [0.05, 0.1) is 12.2 Å². The van der Waals surface area contributed by atoms with Gasteiger partial charge in [-0.2, -0.15) is 0 Å². The number of aromatic nitrogens is 2. The summed E-state index contributed by atoms with van der Waals surface area (Å²) in [6.45, 7) is 2.35. The van der Waals surface area contributed by atoms with Gasteiger partial charge in [-0.1, -0.05) is 36.4 Å². The van der Waals surface area contributed by atoms with E-state index in [1.807, 2.05) is 66.1 Å². The van der Waals surface area contributed by atoms with Gasteiger partial charge < -0.3 is 4.57 Å². The molecule has 23 heavy (non-hydrogen) atoms. The molecule has 113 valence electrons. The lowest BCUT2D eigenvalue weighted by Gasteiger charge is -2.10. The number of hydrogen-bond donors (Lipinski definition) is 0. The van der Waals surface area contributed by atoms with Gasteiger partial charge in [-0.15, -0.1) is 0 Å². The Hall–Kier alpha value is -3.01. The highest BCUT2D eigenvalue weighted by Gasteiger charge is 2.21. The Labute approximate surface area is 134 Å². The third kappa shape index (κ3) is 2.97. The van der Waals surface area contributed by atoms with Gasteiger partial charge in [0.2, 0.25) is 0 Å². The van der Waals surface area contributed by atoms with E-state index in [-0.39, 0.29) is 0 Å². The Kier molecular flexibility index (Phi) is 4.15. The van der Waals surface area contributed by atoms with E-state index in [1.165, 1.54) is 6.29 Å². The maximum atomic E-state index is 12.2. The highest BCUT2D eigenvalue weighted by molar-refractivity contribution is 6.34. The quantitative estimate of drug-likeness (QED) is 0.537. The van der Waals surface area contributed by atoms with Crippen LogP contribution in [0.1, 0.15) is 21.9 Å². The summed E-state index contributed by atoms with van der Waals surface area (Å²) >= 11 is 0. The van der Waals surface area contributed by atoms with Crippen LogP contribution < -0.4 is 0 Å². The highest BCUT2D eigenvalue weighted by Crippen LogP contribution is 2.28. The van der Waals surface area contributed by atoms with Crippen LogP contribution in [-0.2, 0) is 11.3 Å². The molecule has 0 unspecified atom stereocenters. The number of carbonyl (C=O) groups excluding carboxylic acids is 2. The predicted octanol–water partition coefficient (Wildman–Crippen LogP) is 3.20. The molecule has 0 aliphatic carbocycles. The van der Waals surface area contributed by atoms with Crippen molar-refractivity contribution in [3.8, 4) is 11.1 Å². The summed E-state index contributed by atoms with van der Waals surface area (Å²) in [4.78, 5) is 27.5. The zero-order chi connectivity index (χ0) is 16.2. The standard InChI is InChI=1S/C19H15N2O2/c1-14-11-17(15-7-3-2-4-8-15)19(18(23)13-22)21(14)12-16-9-5-6-10-20-16/h2-11H,12H2,1H3. The van der Waals surface area contributed by atoms with Crippen LogP contribution in [0.15, 0.2) is 60.8 Å². The average molecular weight is 303 g/mol. The minimum atomic E-state index is -0.645. The van der Waals surface area contributed by atoms with E-state index in [2.05, 4.69) is 4.98 Å². The molecule has 0 saturated heterocycles. The van der Waals surface area contributed by atoms with Crippen molar-refractivity contribution in [3.63, 3.8) is 0 Å². The molecule has 3 rings (SSSR count). The van der Waals surface area contributed by atoms with Gasteiger partial charge in [-0.25, -0.2) is 0 Å². The number of aryl methyl sites for hydroxylation is 1. The number of hydrogen-bond acceptors (Lipinski definition) is 3. The van der Waals surface area contributed by atoms with E-state index in [0.717, 1.165) is 22.5 Å². The Balaban J connectivity index is 2.14. The molecule has 0 bridgehead atoms. The van der Waals surface area contributed by atoms with Crippen molar-refractivity contribution in [2.24, 2.45) is 0 Å². The smallest absolute Gasteiger partial charge is 0.279 e. The number of benzene rings is 1. The summed E-state index contributed by atoms with van der Waals surface area (Å²) in [5, 5.41) is 0. The highest BCUT2D eigenvalue weighted by atomic mass is 16.2. The van der Waals surface area contributed by atoms with Crippen LogP contribution in [0.2, 0.25) is 0 Å². The zero-order valence-electron chi connectivity index (χ0n) is 12.7. The molecule has 0 N–H and O–H groups in total. The molecule has 0 aliphatic rings. The van der Waals surface area contributed by atoms with Crippen molar-refractivity contribution in [1.82, 2.24) is 9.55 Å². The molecule has 0 amide bonds. The number of pyridine rings is 1. The SMILES string of the molecule is Cc1cc(-c2ccccc2)c(C(=O)[C]=O)n1Cc1ccccn1. The predicted molar refractivity (Wildman–Crippen MR) is 88.0 cm³/mol. The first kappa shape index (κ1) is 14.9. The summed E-state index contributed by atoms with van der Waals surface area (Å²) in [6, 6.07) is 17.1. The second kappa shape index (κ2) is 6.40. The average Bonchev–Trinajstić information content (AvgIpc) is 2.92. The number of ketones is 1. The normalized spacial score (nSPS) is 10.5. The van der Waals surface area contributed by atoms with Crippen molar-refractivity contribution >= 4 is 12.1 Å². The molecule has 0 saturated carbocycles. The maximum Gasteiger partial charge on any atom is 0.279 e. The van der Waals surface area contributed by atoms with Crippen molar-refractivity contribution in [1.29, 1.82) is 0 Å². The van der Waals surface area contributed by atoms with Gasteiger partial charge in [0.15, 0.2) is 0 Å². The van der Waals surface area contributed by atoms with Gasteiger partial charge >= 0.3 is 0 Å². The first-order valence-corrected chi connectivity index (χ1v) is 7.28. The molecule has 0 atom stereocenters. The molecule has 4 nitrogen and oxygen atoms in total. The lowest BCUT2D eigenvalue weighted by Crippen LogP contribution is -2.13. The van der Waals surface area contributed by atoms with E-state index < -0.39 is 5.78 Å². The lowest BCUT2D eigenvalue weighted by atomic mass is 10.0. The van der Waals surface area contributed by atoms with E-state index in [4.69, 9.17) is 0 Å². The van der Waals surface area contributed by atoms with Crippen molar-refractivity contribution in [3.05, 3.63) is 77.9 Å². The van der Waals surface area contributed by atoms with Crippen molar-refractivity contribution in [2.45, 2.75) is 13.5 Å². The van der Waals surface area contributed by atoms with Crippen LogP contribution in [0.5, 0.6) is 0 Å². The lowest BCUT2D eigenvalue weighted by molar-refractivity contribution is 0.105. The number of rotatable bonds is 5. The minimum absolute atomic E-state index is 0.356. The largest absolute Gasteiger partial charge is 0.336 e. The monoisotopic (exact) mass is 303 g/mol. The Morgan fingerprint density at radius 1 is 1.13 bits per heavy atom. The van der Waals surface area contributed by atoms with Crippen LogP contribution in [0.4, 0.5) is 0 Å². The minimum Gasteiger partial charge on any atom is -0.336 e. The van der Waals surface area contributed by atoms with Gasteiger partial charge in [-0.3, -0.25) is 14.6 Å². The Morgan fingerprint density at radius 2 is 1.87 bits per heavy atom. The summed E-state index contributed by atoms with van der Waals surface area (Å²) < 4.78 is 1.82. The third-order valence-electron chi connectivity index (χ3n) is 3.74. The molecular weight excluding hydrogens is 288 g/mol. The molecule has 3 aromatic rings. The van der Waals surface area contributed by atoms with Crippen molar-refractivity contribution < 1.29 is 9.59 Å². The van der Waals surface area contributed by atoms with Crippen LogP contribution >= 0.6 is 0 Å². The van der Waals surface area contributed by atoms with Crippen LogP contribution in [0.25, 0.3) is 11.1 Å². The molecule has 1 aromatic carbocycles. The first-order valence-electron chi connectivity index (χ1n) is 7.28. The fourth-order valence-electron chi connectivity index (χ4n) is 2.67. The van der Waals surface area contributed by atoms with Gasteiger partial charge in [0.25, 0.3) is 12.1 Å². The third-order valence-corrected chi connectivity index (χ3v) is 3.74. The maximum absolute atomic E-state index is 12.2. The van der Waals surface area contributed by atoms with Crippen molar-refractivity contribution in [2.75, 3.05) is 0 Å². The van der Waals surface area contributed by atoms with Gasteiger partial charge in [-0.05, 0) is 30.7 Å². The fourth-order valence-corrected chi connectivity index (χ4v) is 2.67. The van der Waals surface area contributed by atoms with Crippen LogP contribution in [0, 0.1) is 6.92 Å². The Bertz CT molecular complexity index is 837. The van der Waals surface area contributed by atoms with E-state index >= 15 is 0 Å². The van der Waals surface area contributed by atoms with E-state index in [0.29, 0.717) is 12.2 Å². The summed E-state index contributed by atoms with van der Waals surface area (Å²) in [7, 11) is 0. The second-order valence-corrected chi connectivity index (χ2v) is 5.25. The number of carbonyl (C=O) groups is 1. The molecule has 1 radical (unpaired) electrons. The summed E-state index contributed by atoms with van der Waals surface area (Å²) in [5.41, 5.74) is 3.72.